The number of amides is 1. The monoisotopic (exact) mass is 706 g/mol. The minimum absolute atomic E-state index is 0.0760. The quantitative estimate of drug-likeness (QED) is 0.128. The fourth-order valence-corrected chi connectivity index (χ4v) is 7.27. The van der Waals surface area contributed by atoms with Gasteiger partial charge in [0.1, 0.15) is 36.8 Å². The van der Waals surface area contributed by atoms with Gasteiger partial charge in [0, 0.05) is 34.8 Å². The Hall–Kier alpha value is -6.16. The van der Waals surface area contributed by atoms with Crippen LogP contribution in [0.15, 0.2) is 122 Å². The number of carbonyl (C=O) groups is 1. The Morgan fingerprint density at radius 3 is 2.19 bits per heavy atom. The van der Waals surface area contributed by atoms with Gasteiger partial charge in [0.25, 0.3) is 5.91 Å². The topological polar surface area (TPSA) is 104 Å². The number of aromatic nitrogens is 4. The molecular weight excluding hydrogens is 665 g/mol. The number of anilines is 2. The first-order chi connectivity index (χ1) is 26.1. The Bertz CT molecular complexity index is 2150. The third-order valence-corrected chi connectivity index (χ3v) is 10.1. The lowest BCUT2D eigenvalue weighted by Gasteiger charge is -2.30. The summed E-state index contributed by atoms with van der Waals surface area (Å²) in [7, 11) is 1.68. The molecule has 3 heterocycles. The van der Waals surface area contributed by atoms with Gasteiger partial charge < -0.3 is 24.1 Å². The van der Waals surface area contributed by atoms with Crippen LogP contribution < -0.4 is 24.4 Å². The van der Waals surface area contributed by atoms with Crippen LogP contribution in [0.3, 0.4) is 0 Å². The molecule has 0 bridgehead atoms. The van der Waals surface area contributed by atoms with E-state index in [1.54, 1.807) is 18.1 Å². The van der Waals surface area contributed by atoms with E-state index >= 15 is 0 Å². The predicted molar refractivity (Wildman–Crippen MR) is 203 cm³/mol. The third-order valence-electron chi connectivity index (χ3n) is 10.1. The van der Waals surface area contributed by atoms with Crippen molar-refractivity contribution in [2.24, 2.45) is 0 Å². The van der Waals surface area contributed by atoms with E-state index in [2.05, 4.69) is 38.3 Å². The zero-order valence-electron chi connectivity index (χ0n) is 29.7. The van der Waals surface area contributed by atoms with Crippen LogP contribution in [0.1, 0.15) is 70.0 Å². The Kier molecular flexibility index (Phi) is 10.0. The van der Waals surface area contributed by atoms with E-state index in [9.17, 15) is 4.79 Å². The number of nitrogens with zero attached hydrogens (tertiary/aromatic N) is 5. The number of pyridine rings is 1. The van der Waals surface area contributed by atoms with Crippen LogP contribution in [-0.4, -0.2) is 38.8 Å². The van der Waals surface area contributed by atoms with E-state index in [1.165, 1.54) is 5.56 Å². The summed E-state index contributed by atoms with van der Waals surface area (Å²) in [6.07, 6.45) is 5.83. The van der Waals surface area contributed by atoms with Gasteiger partial charge in [-0.2, -0.15) is 4.98 Å². The van der Waals surface area contributed by atoms with E-state index in [4.69, 9.17) is 19.2 Å². The Labute approximate surface area is 309 Å². The maximum Gasteiger partial charge on any atom is 0.259 e. The molecule has 1 aliphatic carbocycles. The first-order valence-corrected chi connectivity index (χ1v) is 18.2. The highest BCUT2D eigenvalue weighted by molar-refractivity contribution is 6.11. The molecule has 10 nitrogen and oxygen atoms in total. The summed E-state index contributed by atoms with van der Waals surface area (Å²) in [6, 6.07) is 37.9. The average molecular weight is 707 g/mol. The number of hydrogen-bond donors (Lipinski definition) is 1. The van der Waals surface area contributed by atoms with Crippen molar-refractivity contribution in [3.8, 4) is 17.5 Å². The van der Waals surface area contributed by atoms with Gasteiger partial charge in [-0.3, -0.25) is 9.69 Å². The summed E-state index contributed by atoms with van der Waals surface area (Å²) in [6.45, 7) is 1.82. The average Bonchev–Trinajstić information content (AvgIpc) is 3.82. The van der Waals surface area contributed by atoms with Crippen LogP contribution in [0.5, 0.6) is 17.5 Å². The van der Waals surface area contributed by atoms with Crippen LogP contribution in [0.2, 0.25) is 0 Å². The number of ether oxygens (including phenoxy) is 3. The molecule has 2 aliphatic rings. The molecule has 1 amide bonds. The number of fused-ring (bicyclic) bond motifs is 1. The van der Waals surface area contributed by atoms with Crippen molar-refractivity contribution < 1.29 is 19.0 Å². The van der Waals surface area contributed by atoms with Gasteiger partial charge in [-0.1, -0.05) is 78.9 Å². The number of benzene rings is 4. The second kappa shape index (κ2) is 15.6. The lowest BCUT2D eigenvalue weighted by molar-refractivity contribution is 0.0995. The van der Waals surface area contributed by atoms with Gasteiger partial charge >= 0.3 is 0 Å². The first kappa shape index (κ1) is 34.0. The van der Waals surface area contributed by atoms with Gasteiger partial charge in [-0.05, 0) is 72.7 Å². The fraction of sp³-hybridized carbons (Fsp3) is 0.256. The summed E-state index contributed by atoms with van der Waals surface area (Å²) in [4.78, 5) is 20.5. The minimum atomic E-state index is -0.0760. The number of carbonyl (C=O) groups excluding carboxylic acids is 1. The normalized spacial score (nSPS) is 16.6. The first-order valence-electron chi connectivity index (χ1n) is 18.2. The van der Waals surface area contributed by atoms with Crippen molar-refractivity contribution in [1.29, 1.82) is 0 Å². The van der Waals surface area contributed by atoms with Crippen molar-refractivity contribution >= 4 is 17.3 Å². The van der Waals surface area contributed by atoms with Gasteiger partial charge in [0.05, 0.1) is 20.2 Å². The highest BCUT2D eigenvalue weighted by Gasteiger charge is 2.34. The van der Waals surface area contributed by atoms with Gasteiger partial charge in [-0.25, -0.2) is 0 Å². The molecule has 1 aliphatic heterocycles. The number of hydrogen-bond acceptors (Lipinski definition) is 8. The number of nitrogens with one attached hydrogen (secondary N) is 1. The van der Waals surface area contributed by atoms with Gasteiger partial charge in [0.2, 0.25) is 11.8 Å². The van der Waals surface area contributed by atoms with E-state index in [1.807, 2.05) is 97.3 Å². The maximum atomic E-state index is 14.0. The molecule has 8 rings (SSSR count). The molecule has 268 valence electrons. The lowest BCUT2D eigenvalue weighted by Crippen LogP contribution is -2.27. The van der Waals surface area contributed by atoms with Crippen LogP contribution in [0.25, 0.3) is 0 Å². The number of methoxy groups -OCH3 is 1. The van der Waals surface area contributed by atoms with Crippen LogP contribution in [0.4, 0.5) is 11.4 Å². The highest BCUT2D eigenvalue weighted by atomic mass is 16.5. The summed E-state index contributed by atoms with van der Waals surface area (Å²) in [5.41, 5.74) is 6.50. The molecular formula is C43H42N6O4. The maximum absolute atomic E-state index is 14.0. The van der Waals surface area contributed by atoms with Crippen molar-refractivity contribution in [3.63, 3.8) is 0 Å². The molecule has 6 aromatic rings. The highest BCUT2D eigenvalue weighted by Crippen LogP contribution is 2.40. The zero-order valence-corrected chi connectivity index (χ0v) is 29.7. The molecule has 1 N–H and O–H groups in total. The van der Waals surface area contributed by atoms with Crippen LogP contribution >= 0.6 is 0 Å². The summed E-state index contributed by atoms with van der Waals surface area (Å²) >= 11 is 0. The molecule has 2 aromatic heterocycles. The standard InChI is InChI=1S/C43H42N6O4/c1-51-35-21-15-30(16-22-35)25-48-29-44-47-41(48)33-17-19-34(20-18-33)45-38-14-8-13-36-37(38)26-49(43(36)50)39-23-24-40(52-27-31-9-4-2-5-10-31)46-42(39)53-28-32-11-6-3-7-12-32/h2-16,21-24,29,33-34,45H,17-20,25-28H2,1H3. The molecule has 0 unspecified atom stereocenters. The van der Waals surface area contributed by atoms with Gasteiger partial charge in [0.15, 0.2) is 0 Å². The molecule has 0 radical (unpaired) electrons. The third kappa shape index (κ3) is 7.72. The molecule has 0 saturated heterocycles. The van der Waals surface area contributed by atoms with Gasteiger partial charge in [-0.15, -0.1) is 10.2 Å². The largest absolute Gasteiger partial charge is 0.497 e. The zero-order chi connectivity index (χ0) is 36.0. The summed E-state index contributed by atoms with van der Waals surface area (Å²) in [5.74, 6) is 2.94. The van der Waals surface area contributed by atoms with E-state index in [0.717, 1.165) is 66.2 Å². The molecule has 4 aromatic carbocycles. The molecule has 10 heteroatoms. The molecule has 0 atom stereocenters. The minimum Gasteiger partial charge on any atom is -0.497 e. The fourth-order valence-electron chi connectivity index (χ4n) is 7.27. The molecule has 1 fully saturated rings. The Morgan fingerprint density at radius 1 is 0.755 bits per heavy atom. The summed E-state index contributed by atoms with van der Waals surface area (Å²) in [5, 5.41) is 12.6. The lowest BCUT2D eigenvalue weighted by atomic mass is 9.85. The molecule has 1 saturated carbocycles. The second-order valence-corrected chi connectivity index (χ2v) is 13.6. The summed E-state index contributed by atoms with van der Waals surface area (Å²) < 4.78 is 19.8. The smallest absolute Gasteiger partial charge is 0.259 e. The van der Waals surface area contributed by atoms with E-state index in [-0.39, 0.29) is 11.9 Å². The molecule has 53 heavy (non-hydrogen) atoms. The van der Waals surface area contributed by atoms with Crippen molar-refractivity contribution in [3.05, 3.63) is 155 Å². The van der Waals surface area contributed by atoms with Crippen molar-refractivity contribution in [2.75, 3.05) is 17.3 Å². The molecule has 0 spiro atoms. The Morgan fingerprint density at radius 2 is 1.47 bits per heavy atom. The Balaban J connectivity index is 0.950. The number of rotatable bonds is 13. The van der Waals surface area contributed by atoms with Crippen molar-refractivity contribution in [2.45, 2.75) is 63.9 Å². The van der Waals surface area contributed by atoms with E-state index in [0.29, 0.717) is 48.7 Å². The van der Waals surface area contributed by atoms with Crippen LogP contribution in [0, 0.1) is 0 Å². The second-order valence-electron chi connectivity index (χ2n) is 13.6. The van der Waals surface area contributed by atoms with E-state index < -0.39 is 0 Å². The van der Waals surface area contributed by atoms with Crippen LogP contribution in [-0.2, 0) is 26.3 Å². The SMILES string of the molecule is COc1ccc(Cn2cnnc2C2CCC(Nc3cccc4c3CN(c3ccc(OCc5ccccc5)nc3OCc3ccccc3)C4=O)CC2)cc1. The van der Waals surface area contributed by atoms with Crippen molar-refractivity contribution in [1.82, 2.24) is 19.7 Å². The predicted octanol–water partition coefficient (Wildman–Crippen LogP) is 8.19.